The Kier molecular flexibility index (Phi) is 4.76. The maximum atomic E-state index is 12.1. The molecule has 0 spiro atoms. The maximum Gasteiger partial charge on any atom is 0.412 e. The standard InChI is InChI=1S/C19H17ClN2O3/c1-12(15-10-6-7-11-16(15)20)22(19(23)24)18-13(2)25-21-17(18)14-8-4-3-5-9-14/h3-12H,1-2H3,(H,23,24)/t12-/m1/s1. The average molecular weight is 357 g/mol. The van der Waals surface area contributed by atoms with Crippen LogP contribution < -0.4 is 4.90 Å². The summed E-state index contributed by atoms with van der Waals surface area (Å²) in [5, 5.41) is 14.5. The third-order valence-corrected chi connectivity index (χ3v) is 4.41. The largest absolute Gasteiger partial charge is 0.465 e. The Labute approximate surface area is 150 Å². The summed E-state index contributed by atoms with van der Waals surface area (Å²) in [6, 6.07) is 16.0. The van der Waals surface area contributed by atoms with Gasteiger partial charge in [-0.05, 0) is 25.5 Å². The van der Waals surface area contributed by atoms with E-state index in [0.717, 1.165) is 5.56 Å². The second-order valence-corrected chi connectivity index (χ2v) is 6.06. The van der Waals surface area contributed by atoms with E-state index in [1.807, 2.05) is 48.5 Å². The topological polar surface area (TPSA) is 66.6 Å². The zero-order valence-electron chi connectivity index (χ0n) is 13.8. The Hall–Kier alpha value is -2.79. The number of hydrogen-bond acceptors (Lipinski definition) is 3. The van der Waals surface area contributed by atoms with Crippen LogP contribution in [0.5, 0.6) is 0 Å². The first kappa shape index (κ1) is 17.0. The molecule has 25 heavy (non-hydrogen) atoms. The predicted molar refractivity (Wildman–Crippen MR) is 97.0 cm³/mol. The number of aromatic nitrogens is 1. The molecule has 128 valence electrons. The lowest BCUT2D eigenvalue weighted by Gasteiger charge is -2.27. The molecule has 1 N–H and O–H groups in total. The minimum Gasteiger partial charge on any atom is -0.465 e. The number of nitrogens with zero attached hydrogens (tertiary/aromatic N) is 2. The molecule has 1 heterocycles. The summed E-state index contributed by atoms with van der Waals surface area (Å²) in [6.07, 6.45) is -1.10. The van der Waals surface area contributed by atoms with E-state index >= 15 is 0 Å². The van der Waals surface area contributed by atoms with Gasteiger partial charge in [0.15, 0.2) is 5.76 Å². The van der Waals surface area contributed by atoms with Gasteiger partial charge in [-0.3, -0.25) is 4.90 Å². The quantitative estimate of drug-likeness (QED) is 0.665. The summed E-state index contributed by atoms with van der Waals surface area (Å²) in [4.78, 5) is 13.3. The molecule has 1 aromatic heterocycles. The molecule has 0 aliphatic rings. The van der Waals surface area contributed by atoms with Gasteiger partial charge in [0.1, 0.15) is 11.4 Å². The first-order valence-corrected chi connectivity index (χ1v) is 8.16. The van der Waals surface area contributed by atoms with Crippen molar-refractivity contribution in [1.29, 1.82) is 0 Å². The predicted octanol–water partition coefficient (Wildman–Crippen LogP) is 5.55. The fourth-order valence-electron chi connectivity index (χ4n) is 2.84. The highest BCUT2D eigenvalue weighted by atomic mass is 35.5. The van der Waals surface area contributed by atoms with E-state index in [1.54, 1.807) is 19.9 Å². The van der Waals surface area contributed by atoms with Crippen LogP contribution in [0.2, 0.25) is 5.02 Å². The first-order valence-electron chi connectivity index (χ1n) is 7.79. The summed E-state index contributed by atoms with van der Waals surface area (Å²) in [5.41, 5.74) is 2.41. The number of benzene rings is 2. The van der Waals surface area contributed by atoms with E-state index < -0.39 is 12.1 Å². The molecule has 6 heteroatoms. The van der Waals surface area contributed by atoms with Gasteiger partial charge in [0, 0.05) is 10.6 Å². The Bertz CT molecular complexity index is 893. The lowest BCUT2D eigenvalue weighted by Crippen LogP contribution is -2.33. The fraction of sp³-hybridized carbons (Fsp3) is 0.158. The number of aryl methyl sites for hydroxylation is 1. The average Bonchev–Trinajstić information content (AvgIpc) is 2.97. The minimum atomic E-state index is -1.10. The molecule has 3 rings (SSSR count). The van der Waals surface area contributed by atoms with Gasteiger partial charge in [0.25, 0.3) is 0 Å². The number of carboxylic acid groups (broad SMARTS) is 1. The van der Waals surface area contributed by atoms with Crippen LogP contribution in [0.4, 0.5) is 10.5 Å². The summed E-state index contributed by atoms with van der Waals surface area (Å²) in [7, 11) is 0. The van der Waals surface area contributed by atoms with Crippen LogP contribution in [0.15, 0.2) is 59.1 Å². The van der Waals surface area contributed by atoms with Gasteiger partial charge < -0.3 is 9.63 Å². The summed E-state index contributed by atoms with van der Waals surface area (Å²) < 4.78 is 5.31. The Morgan fingerprint density at radius 1 is 1.16 bits per heavy atom. The Morgan fingerprint density at radius 2 is 1.80 bits per heavy atom. The summed E-state index contributed by atoms with van der Waals surface area (Å²) in [6.45, 7) is 3.49. The van der Waals surface area contributed by atoms with Crippen LogP contribution in [0, 0.1) is 6.92 Å². The molecule has 2 aromatic carbocycles. The van der Waals surface area contributed by atoms with Crippen LogP contribution >= 0.6 is 11.6 Å². The van der Waals surface area contributed by atoms with Crippen LogP contribution in [0.3, 0.4) is 0 Å². The van der Waals surface area contributed by atoms with Gasteiger partial charge in [-0.1, -0.05) is 65.3 Å². The second kappa shape index (κ2) is 6.99. The third kappa shape index (κ3) is 3.23. The van der Waals surface area contributed by atoms with Gasteiger partial charge in [0.2, 0.25) is 0 Å². The first-order chi connectivity index (χ1) is 12.0. The van der Waals surface area contributed by atoms with Crippen molar-refractivity contribution < 1.29 is 14.4 Å². The maximum absolute atomic E-state index is 12.1. The number of rotatable bonds is 4. The summed E-state index contributed by atoms with van der Waals surface area (Å²) >= 11 is 6.27. The van der Waals surface area contributed by atoms with Gasteiger partial charge in [-0.15, -0.1) is 0 Å². The van der Waals surface area contributed by atoms with E-state index in [9.17, 15) is 9.90 Å². The van der Waals surface area contributed by atoms with E-state index in [2.05, 4.69) is 5.16 Å². The number of halogens is 1. The molecular weight excluding hydrogens is 340 g/mol. The van der Waals surface area contributed by atoms with Gasteiger partial charge in [-0.2, -0.15) is 0 Å². The van der Waals surface area contributed by atoms with Gasteiger partial charge in [-0.25, -0.2) is 4.79 Å². The normalized spacial score (nSPS) is 12.0. The minimum absolute atomic E-state index is 0.422. The number of carbonyl (C=O) groups is 1. The van der Waals surface area contributed by atoms with Crippen LogP contribution in [0.25, 0.3) is 11.3 Å². The lowest BCUT2D eigenvalue weighted by atomic mass is 10.0. The van der Waals surface area contributed by atoms with Crippen molar-refractivity contribution in [1.82, 2.24) is 5.16 Å². The SMILES string of the molecule is Cc1onc(-c2ccccc2)c1N(C(=O)O)[C@H](C)c1ccccc1Cl. The monoisotopic (exact) mass is 356 g/mol. The molecule has 1 amide bonds. The summed E-state index contributed by atoms with van der Waals surface area (Å²) in [5.74, 6) is 0.431. The molecule has 0 radical (unpaired) electrons. The number of hydrogen-bond donors (Lipinski definition) is 1. The van der Waals surface area contributed by atoms with Gasteiger partial charge >= 0.3 is 6.09 Å². The molecule has 0 aliphatic carbocycles. The van der Waals surface area contributed by atoms with Crippen molar-refractivity contribution in [2.45, 2.75) is 19.9 Å². The third-order valence-electron chi connectivity index (χ3n) is 4.07. The fourth-order valence-corrected chi connectivity index (χ4v) is 3.14. The van der Waals surface area contributed by atoms with Crippen LogP contribution in [-0.2, 0) is 0 Å². The smallest absolute Gasteiger partial charge is 0.412 e. The molecule has 5 nitrogen and oxygen atoms in total. The molecule has 3 aromatic rings. The number of anilines is 1. The number of amides is 1. The zero-order valence-corrected chi connectivity index (χ0v) is 14.6. The molecular formula is C19H17ClN2O3. The van der Waals surface area contributed by atoms with E-state index in [-0.39, 0.29) is 0 Å². The van der Waals surface area contributed by atoms with E-state index in [1.165, 1.54) is 4.90 Å². The van der Waals surface area contributed by atoms with Crippen LogP contribution in [-0.4, -0.2) is 16.4 Å². The van der Waals surface area contributed by atoms with Crippen molar-refractivity contribution in [2.75, 3.05) is 4.90 Å². The Morgan fingerprint density at radius 3 is 2.44 bits per heavy atom. The van der Waals surface area contributed by atoms with Crippen molar-refractivity contribution in [3.05, 3.63) is 70.9 Å². The zero-order chi connectivity index (χ0) is 18.0. The second-order valence-electron chi connectivity index (χ2n) is 5.65. The van der Waals surface area contributed by atoms with E-state index in [4.69, 9.17) is 16.1 Å². The molecule has 0 unspecified atom stereocenters. The Balaban J connectivity index is 2.13. The molecule has 0 bridgehead atoms. The van der Waals surface area contributed by atoms with Gasteiger partial charge in [0.05, 0.1) is 6.04 Å². The molecule has 0 aliphatic heterocycles. The highest BCUT2D eigenvalue weighted by Crippen LogP contribution is 2.39. The molecule has 0 fully saturated rings. The molecule has 1 atom stereocenters. The lowest BCUT2D eigenvalue weighted by molar-refractivity contribution is 0.199. The van der Waals surface area contributed by atoms with Crippen LogP contribution in [0.1, 0.15) is 24.3 Å². The molecule has 0 saturated heterocycles. The van der Waals surface area contributed by atoms with Crippen molar-refractivity contribution in [2.24, 2.45) is 0 Å². The van der Waals surface area contributed by atoms with Crippen molar-refractivity contribution >= 4 is 23.4 Å². The van der Waals surface area contributed by atoms with Crippen molar-refractivity contribution in [3.63, 3.8) is 0 Å². The van der Waals surface area contributed by atoms with Crippen molar-refractivity contribution in [3.8, 4) is 11.3 Å². The molecule has 0 saturated carbocycles. The van der Waals surface area contributed by atoms with E-state index in [0.29, 0.717) is 27.7 Å². The highest BCUT2D eigenvalue weighted by molar-refractivity contribution is 6.31. The highest BCUT2D eigenvalue weighted by Gasteiger charge is 2.31.